The molecule has 0 saturated heterocycles. The summed E-state index contributed by atoms with van der Waals surface area (Å²) in [6.45, 7) is 10.1. The van der Waals surface area contributed by atoms with Gasteiger partial charge in [0.2, 0.25) is 0 Å². The molecule has 0 bridgehead atoms. The van der Waals surface area contributed by atoms with Crippen LogP contribution in [-0.2, 0) is 9.53 Å². The summed E-state index contributed by atoms with van der Waals surface area (Å²) in [7, 11) is 1.35. The van der Waals surface area contributed by atoms with E-state index in [1.165, 1.54) is 13.2 Å². The second-order valence-electron chi connectivity index (χ2n) is 13.2. The number of hydrogen-bond acceptors (Lipinski definition) is 6. The highest BCUT2D eigenvalue weighted by Crippen LogP contribution is 2.41. The molecule has 0 heterocycles. The van der Waals surface area contributed by atoms with Crippen molar-refractivity contribution in [1.29, 1.82) is 0 Å². The Bertz CT molecular complexity index is 1320. The largest absolute Gasteiger partial charge is 0.496 e. The van der Waals surface area contributed by atoms with Gasteiger partial charge in [0.1, 0.15) is 11.4 Å². The number of esters is 1. The van der Waals surface area contributed by atoms with Crippen molar-refractivity contribution in [1.82, 2.24) is 5.32 Å². The van der Waals surface area contributed by atoms with E-state index in [0.717, 1.165) is 25.3 Å². The van der Waals surface area contributed by atoms with Crippen LogP contribution in [0.1, 0.15) is 100 Å². The maximum atomic E-state index is 15.0. The van der Waals surface area contributed by atoms with Gasteiger partial charge < -0.3 is 24.8 Å². The molecule has 0 unspecified atom stereocenters. The molecule has 2 aliphatic rings. The third-order valence-electron chi connectivity index (χ3n) is 8.38. The average Bonchev–Trinajstić information content (AvgIpc) is 2.92. The molecule has 4 rings (SSSR count). The van der Waals surface area contributed by atoms with Gasteiger partial charge in [-0.05, 0) is 89.8 Å². The maximum absolute atomic E-state index is 15.0. The minimum atomic E-state index is -0.659. The normalized spacial score (nSPS) is 21.5. The molecule has 8 nitrogen and oxygen atoms in total. The van der Waals surface area contributed by atoms with Crippen LogP contribution in [0.5, 0.6) is 11.5 Å². The van der Waals surface area contributed by atoms with Gasteiger partial charge in [0.05, 0.1) is 35.4 Å². The van der Waals surface area contributed by atoms with E-state index in [9.17, 15) is 14.4 Å². The number of carbonyl (C=O) groups excluding carboxylic acids is 3. The summed E-state index contributed by atoms with van der Waals surface area (Å²) in [5.41, 5.74) is -0.358. The molecule has 2 saturated carbocycles. The highest BCUT2D eigenvalue weighted by molar-refractivity contribution is 6.10. The van der Waals surface area contributed by atoms with Gasteiger partial charge in [0, 0.05) is 12.6 Å². The van der Waals surface area contributed by atoms with Crippen molar-refractivity contribution >= 4 is 23.5 Å². The Morgan fingerprint density at radius 2 is 1.62 bits per heavy atom. The predicted octanol–water partition coefficient (Wildman–Crippen LogP) is 6.68. The molecule has 0 atom stereocenters. The Labute approximate surface area is 247 Å². The summed E-state index contributed by atoms with van der Waals surface area (Å²) in [5.74, 6) is -1.78. The lowest BCUT2D eigenvalue weighted by molar-refractivity contribution is -0.169. The van der Waals surface area contributed by atoms with Gasteiger partial charge in [-0.1, -0.05) is 25.5 Å². The molecular formula is C33H43FN2O6. The topological polar surface area (TPSA) is 103 Å². The van der Waals surface area contributed by atoms with Gasteiger partial charge in [0.15, 0.2) is 11.6 Å². The second-order valence-corrected chi connectivity index (χ2v) is 13.2. The zero-order valence-corrected chi connectivity index (χ0v) is 25.5. The number of para-hydroxylation sites is 1. The van der Waals surface area contributed by atoms with Crippen molar-refractivity contribution in [2.75, 3.05) is 19.0 Å². The first-order chi connectivity index (χ1) is 19.7. The van der Waals surface area contributed by atoms with E-state index in [4.69, 9.17) is 14.2 Å². The van der Waals surface area contributed by atoms with Crippen molar-refractivity contribution in [3.63, 3.8) is 0 Å². The highest BCUT2D eigenvalue weighted by atomic mass is 19.1. The standard InChI is InChI=1S/C33H43FN2O6/c1-31(2,3)42-30(39)33(5)16-12-21(13-17-33)41-27-18-23(26(40-6)19-24(27)34)29(38)36-25-11-8-7-10-22(25)28(37)35-20-32(4)14-9-15-32/h7-8,10-11,18-19,21H,9,12-17,20H2,1-6H3,(H,35,37)(H,36,38). The third kappa shape index (κ3) is 7.41. The quantitative estimate of drug-likeness (QED) is 0.320. The fourth-order valence-electron chi connectivity index (χ4n) is 5.43. The number of ether oxygens (including phenoxy) is 3. The first-order valence-electron chi connectivity index (χ1n) is 14.7. The summed E-state index contributed by atoms with van der Waals surface area (Å²) < 4.78 is 32.0. The number of hydrogen-bond donors (Lipinski definition) is 2. The lowest BCUT2D eigenvalue weighted by atomic mass is 9.70. The van der Waals surface area contributed by atoms with Crippen molar-refractivity contribution in [2.24, 2.45) is 10.8 Å². The third-order valence-corrected chi connectivity index (χ3v) is 8.38. The van der Waals surface area contributed by atoms with Gasteiger partial charge in [-0.2, -0.15) is 0 Å². The Morgan fingerprint density at radius 3 is 2.21 bits per heavy atom. The zero-order chi connectivity index (χ0) is 30.7. The Balaban J connectivity index is 1.45. The zero-order valence-electron chi connectivity index (χ0n) is 25.5. The van der Waals surface area contributed by atoms with Gasteiger partial charge in [0.25, 0.3) is 11.8 Å². The monoisotopic (exact) mass is 582 g/mol. The SMILES string of the molecule is COc1cc(F)c(OC2CCC(C)(C(=O)OC(C)(C)C)CC2)cc1C(=O)Nc1ccccc1C(=O)NCC1(C)CCC1. The van der Waals surface area contributed by atoms with E-state index < -0.39 is 22.7 Å². The number of anilines is 1. The van der Waals surface area contributed by atoms with Crippen LogP contribution in [0.25, 0.3) is 0 Å². The molecule has 0 radical (unpaired) electrons. The summed E-state index contributed by atoms with van der Waals surface area (Å²) in [6.07, 6.45) is 5.12. The fourth-order valence-corrected chi connectivity index (χ4v) is 5.43. The number of benzene rings is 2. The summed E-state index contributed by atoms with van der Waals surface area (Å²) in [4.78, 5) is 39.2. The van der Waals surface area contributed by atoms with Crippen LogP contribution >= 0.6 is 0 Å². The molecule has 2 aliphatic carbocycles. The molecule has 42 heavy (non-hydrogen) atoms. The van der Waals surface area contributed by atoms with E-state index in [0.29, 0.717) is 43.5 Å². The van der Waals surface area contributed by atoms with Crippen molar-refractivity contribution in [3.8, 4) is 11.5 Å². The van der Waals surface area contributed by atoms with Gasteiger partial charge in [-0.15, -0.1) is 0 Å². The minimum absolute atomic E-state index is 0.0401. The molecule has 2 aromatic carbocycles. The summed E-state index contributed by atoms with van der Waals surface area (Å²) in [5, 5.41) is 5.78. The molecule has 2 N–H and O–H groups in total. The van der Waals surface area contributed by atoms with Crippen LogP contribution in [0.4, 0.5) is 10.1 Å². The summed E-state index contributed by atoms with van der Waals surface area (Å²) in [6, 6.07) is 9.21. The van der Waals surface area contributed by atoms with Crippen LogP contribution in [0, 0.1) is 16.6 Å². The van der Waals surface area contributed by atoms with E-state index >= 15 is 4.39 Å². The molecule has 0 aliphatic heterocycles. The molecule has 228 valence electrons. The smallest absolute Gasteiger partial charge is 0.312 e. The van der Waals surface area contributed by atoms with E-state index in [-0.39, 0.29) is 40.5 Å². The van der Waals surface area contributed by atoms with E-state index in [2.05, 4.69) is 17.6 Å². The molecule has 2 aromatic rings. The number of carbonyl (C=O) groups is 3. The van der Waals surface area contributed by atoms with Crippen LogP contribution < -0.4 is 20.1 Å². The number of amides is 2. The molecule has 0 aromatic heterocycles. The van der Waals surface area contributed by atoms with Crippen LogP contribution in [0.15, 0.2) is 36.4 Å². The number of methoxy groups -OCH3 is 1. The van der Waals surface area contributed by atoms with E-state index in [1.807, 2.05) is 27.7 Å². The predicted molar refractivity (Wildman–Crippen MR) is 158 cm³/mol. The van der Waals surface area contributed by atoms with Crippen molar-refractivity contribution in [2.45, 2.75) is 91.3 Å². The van der Waals surface area contributed by atoms with Crippen LogP contribution in [0.2, 0.25) is 0 Å². The van der Waals surface area contributed by atoms with Gasteiger partial charge in [-0.3, -0.25) is 14.4 Å². The number of nitrogens with one attached hydrogen (secondary N) is 2. The first kappa shape index (κ1) is 31.3. The average molecular weight is 583 g/mol. The van der Waals surface area contributed by atoms with Gasteiger partial charge in [-0.25, -0.2) is 4.39 Å². The Kier molecular flexibility index (Phi) is 9.18. The minimum Gasteiger partial charge on any atom is -0.496 e. The van der Waals surface area contributed by atoms with Crippen molar-refractivity contribution in [3.05, 3.63) is 53.3 Å². The maximum Gasteiger partial charge on any atom is 0.312 e. The molecule has 2 fully saturated rings. The number of halogens is 1. The lowest BCUT2D eigenvalue weighted by Gasteiger charge is -2.38. The highest BCUT2D eigenvalue weighted by Gasteiger charge is 2.41. The molecular weight excluding hydrogens is 539 g/mol. The Hall–Kier alpha value is -3.62. The van der Waals surface area contributed by atoms with Crippen molar-refractivity contribution < 1.29 is 33.0 Å². The van der Waals surface area contributed by atoms with Gasteiger partial charge >= 0.3 is 5.97 Å². The lowest BCUT2D eigenvalue weighted by Crippen LogP contribution is -2.40. The Morgan fingerprint density at radius 1 is 0.952 bits per heavy atom. The van der Waals surface area contributed by atoms with Crippen LogP contribution in [0.3, 0.4) is 0 Å². The number of rotatable bonds is 9. The van der Waals surface area contributed by atoms with E-state index in [1.54, 1.807) is 24.3 Å². The molecule has 9 heteroatoms. The summed E-state index contributed by atoms with van der Waals surface area (Å²) >= 11 is 0. The second kappa shape index (κ2) is 12.3. The fraction of sp³-hybridized carbons (Fsp3) is 0.545. The molecule has 0 spiro atoms. The molecule has 2 amide bonds. The first-order valence-corrected chi connectivity index (χ1v) is 14.7. The van der Waals surface area contributed by atoms with Crippen LogP contribution in [-0.4, -0.2) is 43.1 Å².